The SMILES string of the molecule is CCC1CCCN(CC(=O)c2ccc3c(c2)CCC3)CC1. The average molecular weight is 285 g/mol. The molecule has 0 saturated carbocycles. The molecule has 1 fully saturated rings. The van der Waals surface area contributed by atoms with E-state index in [1.165, 1.54) is 49.7 Å². The van der Waals surface area contributed by atoms with E-state index in [1.54, 1.807) is 0 Å². The third-order valence-corrected chi connectivity index (χ3v) is 5.31. The predicted octanol–water partition coefficient (Wildman–Crippen LogP) is 3.87. The van der Waals surface area contributed by atoms with Gasteiger partial charge in [-0.25, -0.2) is 0 Å². The summed E-state index contributed by atoms with van der Waals surface area (Å²) in [6, 6.07) is 6.36. The van der Waals surface area contributed by atoms with Crippen molar-refractivity contribution in [3.8, 4) is 0 Å². The molecule has 1 aliphatic carbocycles. The van der Waals surface area contributed by atoms with Gasteiger partial charge in [-0.2, -0.15) is 0 Å². The average Bonchev–Trinajstić information content (AvgIpc) is 2.86. The topological polar surface area (TPSA) is 20.3 Å². The fourth-order valence-corrected chi connectivity index (χ4v) is 3.83. The number of carbonyl (C=O) groups excluding carboxylic acids is 1. The van der Waals surface area contributed by atoms with Gasteiger partial charge in [0, 0.05) is 5.56 Å². The highest BCUT2D eigenvalue weighted by Crippen LogP contribution is 2.24. The number of carbonyl (C=O) groups is 1. The minimum Gasteiger partial charge on any atom is -0.296 e. The lowest BCUT2D eigenvalue weighted by atomic mass is 9.98. The van der Waals surface area contributed by atoms with Gasteiger partial charge in [-0.1, -0.05) is 25.5 Å². The normalized spacial score (nSPS) is 22.8. The molecule has 2 heteroatoms. The number of hydrogen-bond donors (Lipinski definition) is 0. The maximum atomic E-state index is 12.5. The molecule has 0 aromatic heterocycles. The van der Waals surface area contributed by atoms with E-state index in [0.29, 0.717) is 12.3 Å². The second-order valence-electron chi connectivity index (χ2n) is 6.74. The molecular weight excluding hydrogens is 258 g/mol. The number of benzene rings is 1. The number of aryl methyl sites for hydroxylation is 2. The summed E-state index contributed by atoms with van der Waals surface area (Å²) in [4.78, 5) is 14.9. The van der Waals surface area contributed by atoms with Crippen LogP contribution in [-0.2, 0) is 12.8 Å². The van der Waals surface area contributed by atoms with Gasteiger partial charge in [0.05, 0.1) is 6.54 Å². The van der Waals surface area contributed by atoms with E-state index in [2.05, 4.69) is 24.0 Å². The summed E-state index contributed by atoms with van der Waals surface area (Å²) < 4.78 is 0. The number of ketones is 1. The monoisotopic (exact) mass is 285 g/mol. The molecule has 1 aliphatic heterocycles. The van der Waals surface area contributed by atoms with Crippen LogP contribution in [0.2, 0.25) is 0 Å². The molecule has 1 aromatic carbocycles. The largest absolute Gasteiger partial charge is 0.296 e. The van der Waals surface area contributed by atoms with Crippen LogP contribution in [-0.4, -0.2) is 30.3 Å². The molecule has 3 rings (SSSR count). The van der Waals surface area contributed by atoms with Crippen molar-refractivity contribution in [1.82, 2.24) is 4.90 Å². The Balaban J connectivity index is 1.61. The molecule has 0 spiro atoms. The van der Waals surface area contributed by atoms with Crippen LogP contribution in [0.4, 0.5) is 0 Å². The van der Waals surface area contributed by atoms with Crippen LogP contribution >= 0.6 is 0 Å². The first-order chi connectivity index (χ1) is 10.3. The van der Waals surface area contributed by atoms with Gasteiger partial charge >= 0.3 is 0 Å². The highest BCUT2D eigenvalue weighted by molar-refractivity contribution is 5.97. The van der Waals surface area contributed by atoms with Crippen molar-refractivity contribution >= 4 is 5.78 Å². The fourth-order valence-electron chi connectivity index (χ4n) is 3.83. The zero-order valence-corrected chi connectivity index (χ0v) is 13.2. The maximum absolute atomic E-state index is 12.5. The Labute approximate surface area is 128 Å². The number of fused-ring (bicyclic) bond motifs is 1. The first-order valence-corrected chi connectivity index (χ1v) is 8.63. The van der Waals surface area contributed by atoms with E-state index in [1.807, 2.05) is 6.07 Å². The van der Waals surface area contributed by atoms with Gasteiger partial charge in [-0.3, -0.25) is 9.69 Å². The molecule has 1 heterocycles. The minimum absolute atomic E-state index is 0.305. The zero-order valence-electron chi connectivity index (χ0n) is 13.2. The maximum Gasteiger partial charge on any atom is 0.176 e. The molecule has 21 heavy (non-hydrogen) atoms. The smallest absolute Gasteiger partial charge is 0.176 e. The summed E-state index contributed by atoms with van der Waals surface area (Å²) in [5, 5.41) is 0. The highest BCUT2D eigenvalue weighted by atomic mass is 16.1. The minimum atomic E-state index is 0.305. The Morgan fingerprint density at radius 2 is 2.00 bits per heavy atom. The summed E-state index contributed by atoms with van der Waals surface area (Å²) in [5.41, 5.74) is 3.78. The van der Waals surface area contributed by atoms with Crippen LogP contribution in [0.25, 0.3) is 0 Å². The first kappa shape index (κ1) is 14.8. The van der Waals surface area contributed by atoms with Crippen LogP contribution in [0, 0.1) is 5.92 Å². The standard InChI is InChI=1S/C19H27NO/c1-2-15-5-4-11-20(12-10-15)14-19(21)18-9-8-16-6-3-7-17(16)13-18/h8-9,13,15H,2-7,10-12,14H2,1H3. The van der Waals surface area contributed by atoms with Crippen molar-refractivity contribution in [3.05, 3.63) is 34.9 Å². The Kier molecular flexibility index (Phi) is 4.74. The van der Waals surface area contributed by atoms with Crippen LogP contribution in [0.3, 0.4) is 0 Å². The summed E-state index contributed by atoms with van der Waals surface area (Å²) in [5.74, 6) is 1.17. The molecule has 0 amide bonds. The van der Waals surface area contributed by atoms with E-state index in [0.717, 1.165) is 31.0 Å². The van der Waals surface area contributed by atoms with Crippen molar-refractivity contribution in [2.75, 3.05) is 19.6 Å². The molecule has 1 aromatic rings. The van der Waals surface area contributed by atoms with Gasteiger partial charge in [0.1, 0.15) is 0 Å². The highest BCUT2D eigenvalue weighted by Gasteiger charge is 2.19. The van der Waals surface area contributed by atoms with Crippen molar-refractivity contribution < 1.29 is 4.79 Å². The molecule has 0 N–H and O–H groups in total. The van der Waals surface area contributed by atoms with Crippen LogP contribution < -0.4 is 0 Å². The lowest BCUT2D eigenvalue weighted by Crippen LogP contribution is -2.31. The Bertz CT molecular complexity index is 508. The Morgan fingerprint density at radius 1 is 1.14 bits per heavy atom. The summed E-state index contributed by atoms with van der Waals surface area (Å²) >= 11 is 0. The van der Waals surface area contributed by atoms with Crippen LogP contribution in [0.15, 0.2) is 18.2 Å². The Morgan fingerprint density at radius 3 is 2.86 bits per heavy atom. The number of rotatable bonds is 4. The fraction of sp³-hybridized carbons (Fsp3) is 0.632. The molecule has 114 valence electrons. The molecule has 1 saturated heterocycles. The van der Waals surface area contributed by atoms with Gasteiger partial charge in [0.2, 0.25) is 0 Å². The van der Waals surface area contributed by atoms with Crippen molar-refractivity contribution in [2.45, 2.75) is 51.9 Å². The van der Waals surface area contributed by atoms with Crippen LogP contribution in [0.1, 0.15) is 60.5 Å². The molecule has 0 radical (unpaired) electrons. The van der Waals surface area contributed by atoms with Crippen molar-refractivity contribution in [1.29, 1.82) is 0 Å². The number of nitrogens with zero attached hydrogens (tertiary/aromatic N) is 1. The summed E-state index contributed by atoms with van der Waals surface area (Å²) in [7, 11) is 0. The van der Waals surface area contributed by atoms with Crippen LogP contribution in [0.5, 0.6) is 0 Å². The second kappa shape index (κ2) is 6.74. The molecule has 2 aliphatic rings. The van der Waals surface area contributed by atoms with E-state index in [4.69, 9.17) is 0 Å². The molecular formula is C19H27NO. The Hall–Kier alpha value is -1.15. The zero-order chi connectivity index (χ0) is 14.7. The summed E-state index contributed by atoms with van der Waals surface area (Å²) in [6.07, 6.45) is 8.71. The predicted molar refractivity (Wildman–Crippen MR) is 86.9 cm³/mol. The second-order valence-corrected chi connectivity index (χ2v) is 6.74. The van der Waals surface area contributed by atoms with Crippen molar-refractivity contribution in [3.63, 3.8) is 0 Å². The number of likely N-dealkylation sites (tertiary alicyclic amines) is 1. The summed E-state index contributed by atoms with van der Waals surface area (Å²) in [6.45, 7) is 5.08. The third kappa shape index (κ3) is 3.55. The van der Waals surface area contributed by atoms with Gasteiger partial charge in [-0.15, -0.1) is 0 Å². The number of Topliss-reactive ketones (excluding diaryl/α,β-unsaturated/α-hetero) is 1. The number of hydrogen-bond acceptors (Lipinski definition) is 2. The molecule has 1 atom stereocenters. The van der Waals surface area contributed by atoms with E-state index < -0.39 is 0 Å². The quantitative estimate of drug-likeness (QED) is 0.783. The van der Waals surface area contributed by atoms with E-state index in [9.17, 15) is 4.79 Å². The van der Waals surface area contributed by atoms with Gasteiger partial charge < -0.3 is 0 Å². The lowest BCUT2D eigenvalue weighted by Gasteiger charge is -2.19. The molecule has 0 bridgehead atoms. The van der Waals surface area contributed by atoms with Gasteiger partial charge in [0.25, 0.3) is 0 Å². The third-order valence-electron chi connectivity index (χ3n) is 5.31. The van der Waals surface area contributed by atoms with Gasteiger partial charge in [-0.05, 0) is 74.7 Å². The lowest BCUT2D eigenvalue weighted by molar-refractivity contribution is 0.0932. The van der Waals surface area contributed by atoms with Crippen molar-refractivity contribution in [2.24, 2.45) is 5.92 Å². The van der Waals surface area contributed by atoms with Gasteiger partial charge in [0.15, 0.2) is 5.78 Å². The molecule has 2 nitrogen and oxygen atoms in total. The first-order valence-electron chi connectivity index (χ1n) is 8.63. The van der Waals surface area contributed by atoms with E-state index in [-0.39, 0.29) is 0 Å². The van der Waals surface area contributed by atoms with E-state index >= 15 is 0 Å². The molecule has 1 unspecified atom stereocenters.